The summed E-state index contributed by atoms with van der Waals surface area (Å²) >= 11 is 7.14. The molecule has 0 amide bonds. The summed E-state index contributed by atoms with van der Waals surface area (Å²) in [5.74, 6) is 0.802. The van der Waals surface area contributed by atoms with Crippen molar-refractivity contribution in [3.05, 3.63) is 32.7 Å². The molecular formula is C16H25Br2N. The van der Waals surface area contributed by atoms with E-state index in [4.69, 9.17) is 0 Å². The fraction of sp³-hybridized carbons (Fsp3) is 0.625. The normalized spacial score (nSPS) is 14.4. The van der Waals surface area contributed by atoms with Crippen LogP contribution in [0.3, 0.4) is 0 Å². The van der Waals surface area contributed by atoms with Crippen molar-refractivity contribution >= 4 is 31.9 Å². The van der Waals surface area contributed by atoms with Gasteiger partial charge in [-0.15, -0.1) is 0 Å². The summed E-state index contributed by atoms with van der Waals surface area (Å²) in [5, 5.41) is 3.67. The monoisotopic (exact) mass is 389 g/mol. The molecule has 2 unspecified atom stereocenters. The first-order chi connectivity index (χ1) is 9.08. The molecule has 0 aromatic heterocycles. The van der Waals surface area contributed by atoms with Gasteiger partial charge in [0.05, 0.1) is 0 Å². The first kappa shape index (κ1) is 17.2. The Morgan fingerprint density at radius 3 is 2.53 bits per heavy atom. The van der Waals surface area contributed by atoms with E-state index < -0.39 is 0 Å². The van der Waals surface area contributed by atoms with Gasteiger partial charge in [-0.1, -0.05) is 71.0 Å². The zero-order valence-electron chi connectivity index (χ0n) is 12.2. The predicted molar refractivity (Wildman–Crippen MR) is 91.6 cm³/mol. The van der Waals surface area contributed by atoms with Gasteiger partial charge in [0.15, 0.2) is 0 Å². The molecule has 1 aromatic carbocycles. The molecule has 0 aliphatic carbocycles. The van der Waals surface area contributed by atoms with Crippen molar-refractivity contribution < 1.29 is 0 Å². The summed E-state index contributed by atoms with van der Waals surface area (Å²) < 4.78 is 2.29. The molecule has 1 nitrogen and oxygen atoms in total. The molecule has 19 heavy (non-hydrogen) atoms. The Kier molecular flexibility index (Phi) is 8.27. The van der Waals surface area contributed by atoms with Crippen LogP contribution in [0.1, 0.15) is 58.1 Å². The fourth-order valence-electron chi connectivity index (χ4n) is 2.25. The van der Waals surface area contributed by atoms with E-state index in [1.54, 1.807) is 0 Å². The van der Waals surface area contributed by atoms with Gasteiger partial charge in [-0.25, -0.2) is 0 Å². The van der Waals surface area contributed by atoms with E-state index in [9.17, 15) is 0 Å². The van der Waals surface area contributed by atoms with Crippen LogP contribution in [0.5, 0.6) is 0 Å². The Morgan fingerprint density at radius 1 is 1.21 bits per heavy atom. The molecular weight excluding hydrogens is 366 g/mol. The average Bonchev–Trinajstić information content (AvgIpc) is 2.38. The molecule has 0 radical (unpaired) electrons. The Morgan fingerprint density at radius 2 is 1.95 bits per heavy atom. The van der Waals surface area contributed by atoms with E-state index in [1.165, 1.54) is 35.7 Å². The highest BCUT2D eigenvalue weighted by Gasteiger charge is 2.12. The Balaban J connectivity index is 2.51. The molecule has 0 fully saturated rings. The number of nitrogens with one attached hydrogen (secondary N) is 1. The summed E-state index contributed by atoms with van der Waals surface area (Å²) in [6.45, 7) is 7.91. The number of rotatable bonds is 8. The van der Waals surface area contributed by atoms with Crippen molar-refractivity contribution in [1.82, 2.24) is 5.32 Å². The lowest BCUT2D eigenvalue weighted by molar-refractivity contribution is 0.398. The van der Waals surface area contributed by atoms with Crippen LogP contribution in [0.4, 0.5) is 0 Å². The van der Waals surface area contributed by atoms with Gasteiger partial charge in [0, 0.05) is 15.0 Å². The fourth-order valence-corrected chi connectivity index (χ4v) is 3.64. The molecule has 0 aliphatic rings. The third kappa shape index (κ3) is 5.97. The quantitative estimate of drug-likeness (QED) is 0.567. The number of unbranched alkanes of at least 4 members (excludes halogenated alkanes) is 1. The lowest BCUT2D eigenvalue weighted by atomic mass is 9.98. The van der Waals surface area contributed by atoms with Crippen molar-refractivity contribution in [2.45, 2.75) is 52.5 Å². The van der Waals surface area contributed by atoms with Gasteiger partial charge in [0.25, 0.3) is 0 Å². The van der Waals surface area contributed by atoms with Crippen molar-refractivity contribution in [1.29, 1.82) is 0 Å². The lowest BCUT2D eigenvalue weighted by Gasteiger charge is -2.21. The van der Waals surface area contributed by atoms with E-state index in [-0.39, 0.29) is 0 Å². The van der Waals surface area contributed by atoms with Gasteiger partial charge >= 0.3 is 0 Å². The number of benzene rings is 1. The van der Waals surface area contributed by atoms with Crippen LogP contribution >= 0.6 is 31.9 Å². The Hall–Kier alpha value is 0.140. The highest BCUT2D eigenvalue weighted by molar-refractivity contribution is 9.11. The highest BCUT2D eigenvalue weighted by Crippen LogP contribution is 2.27. The second-order valence-corrected chi connectivity index (χ2v) is 6.98. The standard InChI is InChI=1S/C16H25Br2N/c1-4-6-7-13(5-2)11-19-12(3)15-9-8-14(17)10-16(15)18/h8-10,12-13,19H,4-7,11H2,1-3H3. The smallest absolute Gasteiger partial charge is 0.0303 e. The molecule has 108 valence electrons. The summed E-state index contributed by atoms with van der Waals surface area (Å²) in [4.78, 5) is 0. The van der Waals surface area contributed by atoms with E-state index >= 15 is 0 Å². The minimum atomic E-state index is 0.387. The van der Waals surface area contributed by atoms with Crippen LogP contribution in [0.25, 0.3) is 0 Å². The highest BCUT2D eigenvalue weighted by atomic mass is 79.9. The maximum absolute atomic E-state index is 3.67. The molecule has 1 rings (SSSR count). The second-order valence-electron chi connectivity index (χ2n) is 5.21. The maximum atomic E-state index is 3.67. The first-order valence-corrected chi connectivity index (χ1v) is 8.85. The summed E-state index contributed by atoms with van der Waals surface area (Å²) in [6, 6.07) is 6.78. The largest absolute Gasteiger partial charge is 0.310 e. The maximum Gasteiger partial charge on any atom is 0.0303 e. The van der Waals surface area contributed by atoms with E-state index in [2.05, 4.69) is 76.1 Å². The zero-order valence-corrected chi connectivity index (χ0v) is 15.4. The molecule has 1 N–H and O–H groups in total. The van der Waals surface area contributed by atoms with Crippen LogP contribution in [-0.2, 0) is 0 Å². The molecule has 1 aromatic rings. The van der Waals surface area contributed by atoms with Gasteiger partial charge in [0.2, 0.25) is 0 Å². The second kappa shape index (κ2) is 9.15. The van der Waals surface area contributed by atoms with E-state index in [0.29, 0.717) is 6.04 Å². The third-order valence-electron chi connectivity index (χ3n) is 3.68. The molecule has 0 saturated carbocycles. The van der Waals surface area contributed by atoms with Gasteiger partial charge in [-0.05, 0) is 43.5 Å². The van der Waals surface area contributed by atoms with Gasteiger partial charge < -0.3 is 5.32 Å². The average molecular weight is 391 g/mol. The van der Waals surface area contributed by atoms with E-state index in [1.807, 2.05) is 0 Å². The molecule has 0 aliphatic heterocycles. The van der Waals surface area contributed by atoms with Crippen LogP contribution in [-0.4, -0.2) is 6.54 Å². The third-order valence-corrected chi connectivity index (χ3v) is 4.87. The summed E-state index contributed by atoms with van der Waals surface area (Å²) in [6.07, 6.45) is 5.25. The minimum absolute atomic E-state index is 0.387. The minimum Gasteiger partial charge on any atom is -0.310 e. The number of hydrogen-bond donors (Lipinski definition) is 1. The van der Waals surface area contributed by atoms with Crippen molar-refractivity contribution in [3.8, 4) is 0 Å². The van der Waals surface area contributed by atoms with Gasteiger partial charge in [-0.2, -0.15) is 0 Å². The molecule has 0 bridgehead atoms. The SMILES string of the molecule is CCCCC(CC)CNC(C)c1ccc(Br)cc1Br. The van der Waals surface area contributed by atoms with Crippen LogP contribution in [0, 0.1) is 5.92 Å². The Labute approximate surface area is 134 Å². The topological polar surface area (TPSA) is 12.0 Å². The summed E-state index contributed by atoms with van der Waals surface area (Å²) in [7, 11) is 0. The summed E-state index contributed by atoms with van der Waals surface area (Å²) in [5.41, 5.74) is 1.33. The number of hydrogen-bond acceptors (Lipinski definition) is 1. The van der Waals surface area contributed by atoms with E-state index in [0.717, 1.165) is 16.9 Å². The predicted octanol–water partition coefficient (Wildman–Crippen LogP) is 6.08. The zero-order chi connectivity index (χ0) is 14.3. The molecule has 0 heterocycles. The Bertz CT molecular complexity index is 379. The van der Waals surface area contributed by atoms with Gasteiger partial charge in [-0.3, -0.25) is 0 Å². The van der Waals surface area contributed by atoms with Gasteiger partial charge in [0.1, 0.15) is 0 Å². The van der Waals surface area contributed by atoms with Crippen LogP contribution in [0.2, 0.25) is 0 Å². The van der Waals surface area contributed by atoms with Crippen molar-refractivity contribution in [3.63, 3.8) is 0 Å². The lowest BCUT2D eigenvalue weighted by Crippen LogP contribution is -2.25. The van der Waals surface area contributed by atoms with Crippen molar-refractivity contribution in [2.24, 2.45) is 5.92 Å². The van der Waals surface area contributed by atoms with Crippen molar-refractivity contribution in [2.75, 3.05) is 6.54 Å². The number of halogens is 2. The molecule has 0 spiro atoms. The molecule has 2 atom stereocenters. The van der Waals surface area contributed by atoms with Crippen LogP contribution in [0.15, 0.2) is 27.1 Å². The first-order valence-electron chi connectivity index (χ1n) is 7.26. The van der Waals surface area contributed by atoms with Crippen LogP contribution < -0.4 is 5.32 Å². The molecule has 3 heteroatoms. The molecule has 0 saturated heterocycles.